The Morgan fingerprint density at radius 3 is 1.35 bits per heavy atom. The second kappa shape index (κ2) is 52.3. The number of likely N-dealkylation sites (N-methyl/N-ethyl adjacent to an activating group) is 1. The van der Waals surface area contributed by atoms with Gasteiger partial charge >= 0.3 is 17.9 Å². The molecule has 26 N–H and O–H groups in total. The third kappa shape index (κ3) is 32.5. The van der Waals surface area contributed by atoms with Gasteiger partial charge in [-0.1, -0.05) is 133 Å². The lowest BCUT2D eigenvalue weighted by Crippen LogP contribution is -2.62. The zero-order valence-corrected chi connectivity index (χ0v) is 77.9. The van der Waals surface area contributed by atoms with Crippen molar-refractivity contribution in [3.63, 3.8) is 0 Å². The third-order valence-corrected chi connectivity index (χ3v) is 24.2. The van der Waals surface area contributed by atoms with Gasteiger partial charge in [0.05, 0.1) is 45.7 Å². The molecule has 0 spiro atoms. The van der Waals surface area contributed by atoms with Crippen LogP contribution >= 0.6 is 0 Å². The smallest absolute Gasteiger partial charge is 0.317 e. The molecule has 0 saturated carbocycles. The number of para-hydroxylation sites is 2. The van der Waals surface area contributed by atoms with E-state index in [-0.39, 0.29) is 148 Å². The number of likely N-dealkylation sites (tertiary alicyclic amines) is 1. The molecule has 45 nitrogen and oxygen atoms in total. The van der Waals surface area contributed by atoms with Crippen molar-refractivity contribution in [1.29, 1.82) is 10.8 Å². The number of primary amides is 1. The van der Waals surface area contributed by atoms with Crippen LogP contribution in [0.2, 0.25) is 0 Å². The summed E-state index contributed by atoms with van der Waals surface area (Å²) in [5.41, 5.74) is 23.7. The number of rotatable bonds is 49. The number of aliphatic hydroxyl groups excluding tert-OH is 1. The molecule has 11 amide bonds. The molecule has 6 aromatic carbocycles. The Kier molecular flexibility index (Phi) is 39.2. The van der Waals surface area contributed by atoms with Crippen LogP contribution in [0.3, 0.4) is 0 Å². The summed E-state index contributed by atoms with van der Waals surface area (Å²) in [4.78, 5) is 235. The van der Waals surface area contributed by atoms with Crippen LogP contribution in [-0.4, -0.2) is 343 Å². The molecule has 750 valence electrons. The first-order chi connectivity index (χ1) is 67.7. The van der Waals surface area contributed by atoms with Crippen LogP contribution < -0.4 is 75.8 Å². The van der Waals surface area contributed by atoms with Crippen molar-refractivity contribution in [2.75, 3.05) is 118 Å². The number of aliphatic hydroxyl groups is 1. The lowest BCUT2D eigenvalue weighted by atomic mass is 9.98. The SMILES string of the molecule is CN(CC(N)=O)NC(=O)[C@@H]1CCCN1C(=O)[C@@H](Cc1ccc(C(=O)c2ccccc2)cc1)NC(=O)[C@H](Cc1c[nH]c2ccccc12)NC(=O)[C@@H](CCCNC(=N)N)NC(=O)[C@H](Cc1cnc[nH]1)NC(=O)[C@H](CO)NC(=O)[C@H](Cc1c[nH]c2ccccc12)NC(=O)[C@H](CCCNC(=N)N)NC(=O)[C@H](Cc1ccc2ccccc2c1)NC(=O)CN1CCN(CC(=O)O)CCN(CC(=O)O)CCN(CC(=O)O)CC1. The number of ketones is 1. The second-order valence-electron chi connectivity index (χ2n) is 34.9. The van der Waals surface area contributed by atoms with Crippen LogP contribution in [0.1, 0.15) is 82.4 Å². The van der Waals surface area contributed by atoms with Crippen molar-refractivity contribution >= 4 is 133 Å². The lowest BCUT2D eigenvalue weighted by Gasteiger charge is -2.33. The molecule has 141 heavy (non-hydrogen) atoms. The standard InChI is InChI=1S/C96H122N26O19/c1-117(51-80(97)124)116-93(140)79-24-13-33-122(79)94(141)77(43-58-25-29-62(30-26-58)85(132)61-15-3-2-4-16-61)114-89(136)74(45-64-48-105-69-20-9-7-18-67(64)69)111-87(134)72(23-12-32-104-96(100)101)110-91(138)76(47-66-50-102-57-107-66)113-92(139)78(56-123)115-90(137)75(46-65-49-106-70-21-10-8-19-68(65)70)112-86(133)71(22-11-31-103-95(98)99)109-88(135)73(44-59-27-28-60-14-5-6-17-63(60)42-59)108-81(125)52-118-34-36-119(53-82(126)127)38-40-121(55-84(130)131)41-39-120(37-35-118)54-83(128)129/h2-10,14-21,25-30,42,48-50,57,71-79,105-106,123H,11-13,22-24,31-41,43-47,51-56H2,1H3,(H2,97,124)(H,102,107)(H,108,125)(H,109,135)(H,110,138)(H,111,134)(H,112,133)(H,113,139)(H,114,136)(H,115,137)(H,116,140)(H,126,127)(H,128,129)(H,130,131)(H4,98,99,103)(H4,100,101,104)/t71-,72+,73-,74-,75-,76-,77+,78-,79-/m0/s1. The number of carboxylic acid groups (broad SMARTS) is 3. The van der Waals surface area contributed by atoms with Crippen molar-refractivity contribution in [2.45, 2.75) is 125 Å². The number of carbonyl (C=O) groups excluding carboxylic acids is 12. The van der Waals surface area contributed by atoms with Gasteiger partial charge in [-0.05, 0) is 83.7 Å². The van der Waals surface area contributed by atoms with Crippen LogP contribution in [0.4, 0.5) is 0 Å². The van der Waals surface area contributed by atoms with Gasteiger partial charge < -0.3 is 111 Å². The van der Waals surface area contributed by atoms with E-state index >= 15 is 38.4 Å². The molecular weight excluding hydrogens is 1820 g/mol. The average molecular weight is 1940 g/mol. The fraction of sp³-hybridized carbons (Fsp3) is 0.396. The Morgan fingerprint density at radius 2 is 0.872 bits per heavy atom. The van der Waals surface area contributed by atoms with Crippen LogP contribution in [-0.2, 0) is 99.2 Å². The Morgan fingerprint density at radius 1 is 0.454 bits per heavy atom. The molecule has 11 rings (SSSR count). The van der Waals surface area contributed by atoms with E-state index in [1.165, 1.54) is 29.5 Å². The monoisotopic (exact) mass is 1940 g/mol. The third-order valence-electron chi connectivity index (χ3n) is 24.2. The van der Waals surface area contributed by atoms with Gasteiger partial charge in [-0.15, -0.1) is 0 Å². The molecule has 0 radical (unpaired) electrons. The van der Waals surface area contributed by atoms with Gasteiger partial charge in [0.1, 0.15) is 54.4 Å². The highest BCUT2D eigenvalue weighted by Crippen LogP contribution is 2.26. The molecule has 2 aliphatic rings. The minimum atomic E-state index is -1.95. The van der Waals surface area contributed by atoms with Gasteiger partial charge in [0.25, 0.3) is 5.91 Å². The van der Waals surface area contributed by atoms with Crippen LogP contribution in [0.15, 0.2) is 171 Å². The molecule has 9 aromatic rings. The van der Waals surface area contributed by atoms with E-state index in [2.05, 4.69) is 78.5 Å². The molecule has 2 aliphatic heterocycles. The summed E-state index contributed by atoms with van der Waals surface area (Å²) >= 11 is 0. The van der Waals surface area contributed by atoms with Gasteiger partial charge in [0.2, 0.25) is 59.1 Å². The van der Waals surface area contributed by atoms with Crippen molar-refractivity contribution in [1.82, 2.24) is 108 Å². The van der Waals surface area contributed by atoms with E-state index < -0.39 is 188 Å². The number of hydrazine groups is 1. The maximum atomic E-state index is 15.6. The summed E-state index contributed by atoms with van der Waals surface area (Å²) < 4.78 is 0. The molecule has 0 bridgehead atoms. The van der Waals surface area contributed by atoms with E-state index in [1.807, 2.05) is 36.4 Å². The topological polar surface area (TPSA) is 675 Å². The fourth-order valence-electron chi connectivity index (χ4n) is 17.0. The minimum absolute atomic E-state index is 0.00970. The van der Waals surface area contributed by atoms with Gasteiger partial charge in [-0.3, -0.25) is 108 Å². The summed E-state index contributed by atoms with van der Waals surface area (Å²) in [5, 5.41) is 88.1. The first kappa shape index (κ1) is 106. The Balaban J connectivity index is 0.857. The summed E-state index contributed by atoms with van der Waals surface area (Å²) in [5.74, 6) is -14.5. The van der Waals surface area contributed by atoms with E-state index in [0.29, 0.717) is 61.6 Å². The predicted molar refractivity (Wildman–Crippen MR) is 518 cm³/mol. The molecule has 0 aliphatic carbocycles. The first-order valence-corrected chi connectivity index (χ1v) is 46.3. The van der Waals surface area contributed by atoms with E-state index in [9.17, 15) is 54.0 Å². The number of carbonyl (C=O) groups is 15. The maximum Gasteiger partial charge on any atom is 0.317 e. The number of benzene rings is 6. The van der Waals surface area contributed by atoms with E-state index in [4.69, 9.17) is 28.0 Å². The molecule has 5 heterocycles. The molecule has 2 saturated heterocycles. The fourth-order valence-corrected chi connectivity index (χ4v) is 17.0. The number of H-pyrrole nitrogens is 3. The number of fused-ring (bicyclic) bond motifs is 3. The number of aliphatic carboxylic acids is 3. The predicted octanol–water partition coefficient (Wildman–Crippen LogP) is -2.42. The van der Waals surface area contributed by atoms with Crippen molar-refractivity contribution < 1.29 is 92.3 Å². The van der Waals surface area contributed by atoms with Crippen molar-refractivity contribution in [3.8, 4) is 0 Å². The van der Waals surface area contributed by atoms with E-state index in [1.54, 1.807) is 141 Å². The number of hydrogen-bond donors (Lipinski definition) is 23. The maximum absolute atomic E-state index is 15.6. The van der Waals surface area contributed by atoms with Crippen LogP contribution in [0.25, 0.3) is 32.6 Å². The normalized spacial score (nSPS) is 15.8. The number of aromatic nitrogens is 4. The number of imidazole rings is 1. The van der Waals surface area contributed by atoms with Crippen molar-refractivity contribution in [2.24, 2.45) is 17.2 Å². The van der Waals surface area contributed by atoms with Gasteiger partial charge in [-0.2, -0.15) is 0 Å². The average Bonchev–Trinajstić information content (AvgIpc) is 1.71. The highest BCUT2D eigenvalue weighted by Gasteiger charge is 2.42. The largest absolute Gasteiger partial charge is 0.480 e. The molecular formula is C96H122N26O19. The van der Waals surface area contributed by atoms with Gasteiger partial charge in [0.15, 0.2) is 17.7 Å². The summed E-state index contributed by atoms with van der Waals surface area (Å²) in [6, 6.07) is 27.6. The number of aromatic amines is 3. The number of nitrogens with two attached hydrogens (primary N) is 3. The first-order valence-electron chi connectivity index (χ1n) is 46.3. The Hall–Kier alpha value is -15.6. The highest BCUT2D eigenvalue weighted by molar-refractivity contribution is 6.09. The lowest BCUT2D eigenvalue weighted by molar-refractivity contribution is -0.143. The Labute approximate surface area is 810 Å². The zero-order valence-electron chi connectivity index (χ0n) is 77.9. The van der Waals surface area contributed by atoms with E-state index in [0.717, 1.165) is 10.8 Å². The number of hydrogen-bond acceptors (Lipinski definition) is 24. The molecule has 45 heteroatoms. The van der Waals surface area contributed by atoms with Crippen LogP contribution in [0.5, 0.6) is 0 Å². The minimum Gasteiger partial charge on any atom is -0.480 e. The Bertz CT molecular complexity index is 5870. The quantitative estimate of drug-likeness (QED) is 0.00620. The molecule has 0 unspecified atom stereocenters. The molecule has 9 atom stereocenters. The number of nitrogens with one attached hydrogen (secondary N) is 16. The second-order valence-corrected chi connectivity index (χ2v) is 34.9. The zero-order chi connectivity index (χ0) is 101. The molecule has 3 aromatic heterocycles. The van der Waals surface area contributed by atoms with Crippen LogP contribution in [0, 0.1) is 10.8 Å². The van der Waals surface area contributed by atoms with Gasteiger partial charge in [-0.25, -0.2) is 9.99 Å². The number of carboxylic acids is 3. The number of nitrogens with zero attached hydrogens (tertiary/aromatic N) is 7. The van der Waals surface area contributed by atoms with Gasteiger partial charge in [0, 0.05) is 168 Å². The summed E-state index contributed by atoms with van der Waals surface area (Å²) in [7, 11) is 1.42. The summed E-state index contributed by atoms with van der Waals surface area (Å²) in [6.07, 6.45) is 4.58. The number of amides is 11. The summed E-state index contributed by atoms with van der Waals surface area (Å²) in [6.45, 7) is -2.58. The molecule has 2 fully saturated rings. The van der Waals surface area contributed by atoms with Crippen molar-refractivity contribution in [3.05, 3.63) is 210 Å². The highest BCUT2D eigenvalue weighted by atomic mass is 16.4. The number of guanidine groups is 2.